The standard InChI is InChI=1S/C24H24N2O5.C2H6/c1-4-6-9-15(5-2)16-10-7-11-17-20(23(28)24(25)29)22-18(31-14-19(27)30-3)12-8-13-26(22)21(16)17;1-2/h4-6,8-10,12-13H,2,7,11,14H2,1,3H3,(H2,25,29);1-2H3/b6-4-,15-9+;. The molecule has 0 aromatic carbocycles. The number of nitrogens with zero attached hydrogens (tertiary/aromatic N) is 1. The maximum atomic E-state index is 12.9. The number of Topliss-reactive ketones (excluding diaryl/α,β-unsaturated/α-hetero) is 1. The maximum Gasteiger partial charge on any atom is 0.343 e. The second kappa shape index (κ2) is 11.7. The Morgan fingerprint density at radius 3 is 2.61 bits per heavy atom. The lowest BCUT2D eigenvalue weighted by Crippen LogP contribution is -2.24. The number of ether oxygens (including phenoxy) is 2. The van der Waals surface area contributed by atoms with Crippen LogP contribution in [0.4, 0.5) is 0 Å². The molecule has 0 aliphatic heterocycles. The SMILES string of the molecule is C=C/C(=C\C=C/C)C1=CCCc2c(C(=O)C(N)=O)c3c(OCC(=O)OC)cccn3c21.CC. The zero-order chi connectivity index (χ0) is 24.5. The van der Waals surface area contributed by atoms with Gasteiger partial charge in [0.2, 0.25) is 0 Å². The first-order valence-electron chi connectivity index (χ1n) is 10.8. The maximum absolute atomic E-state index is 12.9. The topological polar surface area (TPSA) is 100 Å². The van der Waals surface area contributed by atoms with E-state index in [-0.39, 0.29) is 17.9 Å². The normalized spacial score (nSPS) is 13.0. The summed E-state index contributed by atoms with van der Waals surface area (Å²) in [5, 5.41) is 0. The van der Waals surface area contributed by atoms with Crippen molar-refractivity contribution in [1.29, 1.82) is 0 Å². The van der Waals surface area contributed by atoms with E-state index in [9.17, 15) is 14.4 Å². The van der Waals surface area contributed by atoms with Crippen LogP contribution in [0.5, 0.6) is 5.75 Å². The van der Waals surface area contributed by atoms with Crippen molar-refractivity contribution in [3.8, 4) is 5.75 Å². The minimum Gasteiger partial charge on any atom is -0.480 e. The third-order valence-corrected chi connectivity index (χ3v) is 5.04. The number of carbonyl (C=O) groups is 3. The van der Waals surface area contributed by atoms with Gasteiger partial charge in [-0.3, -0.25) is 9.59 Å². The predicted octanol–water partition coefficient (Wildman–Crippen LogP) is 4.20. The number of methoxy groups -OCH3 is 1. The van der Waals surface area contributed by atoms with Crippen LogP contribution in [0, 0.1) is 0 Å². The van der Waals surface area contributed by atoms with Crippen molar-refractivity contribution in [2.75, 3.05) is 13.7 Å². The van der Waals surface area contributed by atoms with Gasteiger partial charge in [0.1, 0.15) is 5.75 Å². The van der Waals surface area contributed by atoms with Gasteiger partial charge in [-0.1, -0.05) is 50.8 Å². The van der Waals surface area contributed by atoms with Crippen LogP contribution >= 0.6 is 0 Å². The third kappa shape index (κ3) is 5.14. The Morgan fingerprint density at radius 1 is 1.27 bits per heavy atom. The summed E-state index contributed by atoms with van der Waals surface area (Å²) < 4.78 is 12.1. The summed E-state index contributed by atoms with van der Waals surface area (Å²) in [6, 6.07) is 3.38. The molecule has 0 radical (unpaired) electrons. The van der Waals surface area contributed by atoms with Crippen molar-refractivity contribution in [2.45, 2.75) is 33.6 Å². The highest BCUT2D eigenvalue weighted by Gasteiger charge is 2.31. The molecule has 0 atom stereocenters. The van der Waals surface area contributed by atoms with Crippen LogP contribution < -0.4 is 10.5 Å². The lowest BCUT2D eigenvalue weighted by atomic mass is 9.88. The molecule has 0 bridgehead atoms. The molecule has 1 aliphatic rings. The first kappa shape index (κ1) is 25.4. The van der Waals surface area contributed by atoms with E-state index in [4.69, 9.17) is 10.5 Å². The summed E-state index contributed by atoms with van der Waals surface area (Å²) in [6.07, 6.45) is 12.6. The van der Waals surface area contributed by atoms with Crippen molar-refractivity contribution >= 4 is 28.7 Å². The minimum absolute atomic E-state index is 0.197. The van der Waals surface area contributed by atoms with Gasteiger partial charge in [0, 0.05) is 11.8 Å². The number of primary amides is 1. The molecule has 0 saturated heterocycles. The molecule has 3 rings (SSSR count). The van der Waals surface area contributed by atoms with Gasteiger partial charge >= 0.3 is 5.97 Å². The van der Waals surface area contributed by atoms with Gasteiger partial charge in [-0.15, -0.1) is 0 Å². The molecule has 2 heterocycles. The molecule has 2 N–H and O–H groups in total. The zero-order valence-electron chi connectivity index (χ0n) is 19.5. The van der Waals surface area contributed by atoms with E-state index in [1.165, 1.54) is 7.11 Å². The van der Waals surface area contributed by atoms with Crippen LogP contribution in [0.3, 0.4) is 0 Å². The molecule has 33 heavy (non-hydrogen) atoms. The highest BCUT2D eigenvalue weighted by molar-refractivity contribution is 6.44. The number of amides is 1. The number of pyridine rings is 1. The van der Waals surface area contributed by atoms with E-state index in [0.717, 1.165) is 16.8 Å². The van der Waals surface area contributed by atoms with Gasteiger partial charge in [0.25, 0.3) is 11.7 Å². The largest absolute Gasteiger partial charge is 0.480 e. The first-order valence-corrected chi connectivity index (χ1v) is 10.8. The van der Waals surface area contributed by atoms with Gasteiger partial charge in [0.05, 0.1) is 23.9 Å². The molecule has 7 nitrogen and oxygen atoms in total. The van der Waals surface area contributed by atoms with Gasteiger partial charge in [-0.05, 0) is 43.0 Å². The van der Waals surface area contributed by atoms with Gasteiger partial charge in [0.15, 0.2) is 6.61 Å². The predicted molar refractivity (Wildman–Crippen MR) is 129 cm³/mol. The zero-order valence-corrected chi connectivity index (χ0v) is 19.5. The lowest BCUT2D eigenvalue weighted by molar-refractivity contribution is -0.142. The van der Waals surface area contributed by atoms with E-state index in [1.807, 2.05) is 39.0 Å². The molecule has 2 aromatic heterocycles. The van der Waals surface area contributed by atoms with Crippen molar-refractivity contribution in [2.24, 2.45) is 5.73 Å². The Balaban J connectivity index is 0.00000187. The van der Waals surface area contributed by atoms with Crippen LogP contribution in [0.1, 0.15) is 48.8 Å². The van der Waals surface area contributed by atoms with Gasteiger partial charge in [-0.25, -0.2) is 4.79 Å². The number of allylic oxidation sites excluding steroid dienone is 7. The molecular weight excluding hydrogens is 420 g/mol. The smallest absolute Gasteiger partial charge is 0.343 e. The van der Waals surface area contributed by atoms with E-state index in [2.05, 4.69) is 17.4 Å². The second-order valence-electron chi connectivity index (χ2n) is 6.86. The fourth-order valence-corrected chi connectivity index (χ4v) is 3.72. The molecule has 0 saturated carbocycles. The average molecular weight is 451 g/mol. The minimum atomic E-state index is -1.05. The summed E-state index contributed by atoms with van der Waals surface area (Å²) >= 11 is 0. The van der Waals surface area contributed by atoms with E-state index in [0.29, 0.717) is 23.9 Å². The van der Waals surface area contributed by atoms with Crippen LogP contribution in [-0.4, -0.2) is 35.8 Å². The van der Waals surface area contributed by atoms with Crippen molar-refractivity contribution in [3.05, 3.63) is 77.7 Å². The fraction of sp³-hybridized carbons (Fsp3) is 0.269. The second-order valence-corrected chi connectivity index (χ2v) is 6.86. The molecule has 0 unspecified atom stereocenters. The molecule has 7 heteroatoms. The third-order valence-electron chi connectivity index (χ3n) is 5.04. The van der Waals surface area contributed by atoms with Crippen LogP contribution in [-0.2, 0) is 20.7 Å². The summed E-state index contributed by atoms with van der Waals surface area (Å²) in [5.41, 5.74) is 9.20. The number of aromatic nitrogens is 1. The number of hydrogen-bond acceptors (Lipinski definition) is 5. The molecule has 0 spiro atoms. The Hall–Kier alpha value is -3.87. The van der Waals surface area contributed by atoms with Crippen LogP contribution in [0.15, 0.2) is 60.9 Å². The molecule has 1 aliphatic carbocycles. The Bertz CT molecular complexity index is 1170. The number of esters is 1. The van der Waals surface area contributed by atoms with Crippen molar-refractivity contribution < 1.29 is 23.9 Å². The molecule has 174 valence electrons. The fourth-order valence-electron chi connectivity index (χ4n) is 3.72. The van der Waals surface area contributed by atoms with Crippen molar-refractivity contribution in [3.63, 3.8) is 0 Å². The quantitative estimate of drug-likeness (QED) is 0.281. The Kier molecular flexibility index (Phi) is 8.98. The lowest BCUT2D eigenvalue weighted by Gasteiger charge is -2.17. The number of rotatable bonds is 8. The number of ketones is 1. The summed E-state index contributed by atoms with van der Waals surface area (Å²) in [4.78, 5) is 36.3. The summed E-state index contributed by atoms with van der Waals surface area (Å²) in [5.74, 6) is -2.14. The summed E-state index contributed by atoms with van der Waals surface area (Å²) in [7, 11) is 1.26. The van der Waals surface area contributed by atoms with Gasteiger partial charge in [-0.2, -0.15) is 0 Å². The van der Waals surface area contributed by atoms with Crippen LogP contribution in [0.2, 0.25) is 0 Å². The Morgan fingerprint density at radius 2 is 2.00 bits per heavy atom. The highest BCUT2D eigenvalue weighted by atomic mass is 16.6. The highest BCUT2D eigenvalue weighted by Crippen LogP contribution is 2.40. The summed E-state index contributed by atoms with van der Waals surface area (Å²) in [6.45, 7) is 9.50. The average Bonchev–Trinajstić information content (AvgIpc) is 3.19. The monoisotopic (exact) mass is 450 g/mol. The molecule has 2 aromatic rings. The number of fused-ring (bicyclic) bond motifs is 3. The van der Waals surface area contributed by atoms with Crippen LogP contribution in [0.25, 0.3) is 11.1 Å². The van der Waals surface area contributed by atoms with Crippen molar-refractivity contribution in [1.82, 2.24) is 4.40 Å². The Labute approximate surface area is 193 Å². The molecule has 0 fully saturated rings. The first-order chi connectivity index (χ1) is 15.9. The molecular formula is C26H30N2O5. The number of nitrogens with two attached hydrogens (primary N) is 1. The number of carbonyl (C=O) groups excluding carboxylic acids is 3. The van der Waals surface area contributed by atoms with Gasteiger partial charge < -0.3 is 19.6 Å². The molecule has 1 amide bonds. The van der Waals surface area contributed by atoms with E-state index < -0.39 is 17.7 Å². The number of hydrogen-bond donors (Lipinski definition) is 1. The van der Waals surface area contributed by atoms with E-state index >= 15 is 0 Å². The van der Waals surface area contributed by atoms with E-state index in [1.54, 1.807) is 28.8 Å².